The molecule has 3 rings (SSSR count). The number of fused-ring (bicyclic) bond motifs is 1. The molecule has 0 radical (unpaired) electrons. The normalized spacial score (nSPS) is 20.8. The highest BCUT2D eigenvalue weighted by Crippen LogP contribution is 2.22. The molecule has 2 atom stereocenters. The van der Waals surface area contributed by atoms with Gasteiger partial charge in [0, 0.05) is 35.9 Å². The van der Waals surface area contributed by atoms with Crippen LogP contribution in [0.2, 0.25) is 0 Å². The van der Waals surface area contributed by atoms with Gasteiger partial charge in [0.25, 0.3) is 0 Å². The number of para-hydroxylation sites is 1. The maximum atomic E-state index is 5.93. The molecule has 1 saturated heterocycles. The van der Waals surface area contributed by atoms with Crippen molar-refractivity contribution in [2.75, 3.05) is 25.2 Å². The predicted octanol–water partition coefficient (Wildman–Crippen LogP) is 2.32. The highest BCUT2D eigenvalue weighted by atomic mass is 32.2. The van der Waals surface area contributed by atoms with Crippen LogP contribution in [0.4, 0.5) is 0 Å². The van der Waals surface area contributed by atoms with Crippen LogP contribution in [-0.2, 0) is 17.7 Å². The van der Waals surface area contributed by atoms with E-state index in [4.69, 9.17) is 9.84 Å². The molecule has 1 fully saturated rings. The first kappa shape index (κ1) is 14.9. The minimum Gasteiger partial charge on any atom is -0.375 e. The van der Waals surface area contributed by atoms with E-state index in [2.05, 4.69) is 41.2 Å². The number of ether oxygens (including phenoxy) is 1. The first-order chi connectivity index (χ1) is 10.3. The lowest BCUT2D eigenvalue weighted by Gasteiger charge is -2.29. The largest absolute Gasteiger partial charge is 0.375 e. The van der Waals surface area contributed by atoms with Gasteiger partial charge in [-0.05, 0) is 20.0 Å². The average Bonchev–Trinajstić information content (AvgIpc) is 2.91. The van der Waals surface area contributed by atoms with Crippen LogP contribution < -0.4 is 5.32 Å². The minimum atomic E-state index is 0.277. The van der Waals surface area contributed by atoms with E-state index in [-0.39, 0.29) is 6.10 Å². The van der Waals surface area contributed by atoms with Gasteiger partial charge in [-0.3, -0.25) is 4.68 Å². The maximum Gasteiger partial charge on any atom is 0.0822 e. The Morgan fingerprint density at radius 1 is 1.48 bits per heavy atom. The number of hydrogen-bond acceptors (Lipinski definition) is 4. The van der Waals surface area contributed by atoms with Crippen molar-refractivity contribution in [2.45, 2.75) is 32.0 Å². The fourth-order valence-corrected chi connectivity index (χ4v) is 3.90. The highest BCUT2D eigenvalue weighted by molar-refractivity contribution is 7.99. The average molecular weight is 305 g/mol. The molecule has 0 bridgehead atoms. The van der Waals surface area contributed by atoms with Crippen LogP contribution in [0.5, 0.6) is 0 Å². The minimum absolute atomic E-state index is 0.277. The van der Waals surface area contributed by atoms with E-state index in [9.17, 15) is 0 Å². The van der Waals surface area contributed by atoms with Crippen LogP contribution >= 0.6 is 11.8 Å². The van der Waals surface area contributed by atoms with Crippen molar-refractivity contribution in [3.63, 3.8) is 0 Å². The Morgan fingerprint density at radius 3 is 3.05 bits per heavy atom. The molecule has 1 aromatic carbocycles. The van der Waals surface area contributed by atoms with Gasteiger partial charge in [-0.2, -0.15) is 16.9 Å². The Morgan fingerprint density at radius 2 is 2.33 bits per heavy atom. The number of nitrogens with zero attached hydrogens (tertiary/aromatic N) is 2. The van der Waals surface area contributed by atoms with E-state index in [1.807, 2.05) is 18.8 Å². The van der Waals surface area contributed by atoms with Crippen LogP contribution in [0.25, 0.3) is 10.9 Å². The van der Waals surface area contributed by atoms with Crippen molar-refractivity contribution < 1.29 is 4.74 Å². The molecule has 2 unspecified atom stereocenters. The monoisotopic (exact) mass is 305 g/mol. The Labute approximate surface area is 130 Å². The van der Waals surface area contributed by atoms with Gasteiger partial charge in [0.15, 0.2) is 0 Å². The van der Waals surface area contributed by atoms with E-state index in [0.717, 1.165) is 31.1 Å². The quantitative estimate of drug-likeness (QED) is 0.920. The summed E-state index contributed by atoms with van der Waals surface area (Å²) in [6.07, 6.45) is 1.19. The zero-order chi connectivity index (χ0) is 14.7. The molecular weight excluding hydrogens is 282 g/mol. The maximum absolute atomic E-state index is 5.93. The fraction of sp³-hybridized carbons (Fsp3) is 0.562. The first-order valence-corrected chi connectivity index (χ1v) is 8.80. The van der Waals surface area contributed by atoms with Gasteiger partial charge in [-0.1, -0.05) is 18.2 Å². The molecule has 0 spiro atoms. The lowest BCUT2D eigenvalue weighted by molar-refractivity contribution is 0.0490. The summed E-state index contributed by atoms with van der Waals surface area (Å²) in [5.41, 5.74) is 2.40. The summed E-state index contributed by atoms with van der Waals surface area (Å²) in [6, 6.07) is 8.82. The molecule has 5 heteroatoms. The van der Waals surface area contributed by atoms with Crippen molar-refractivity contribution in [1.82, 2.24) is 15.1 Å². The molecule has 0 aliphatic carbocycles. The molecule has 2 aromatic rings. The summed E-state index contributed by atoms with van der Waals surface area (Å²) in [5, 5.41) is 9.50. The smallest absolute Gasteiger partial charge is 0.0822 e. The Balaban J connectivity index is 1.85. The molecule has 1 aromatic heterocycles. The number of benzene rings is 1. The third-order valence-corrected chi connectivity index (χ3v) is 5.13. The molecule has 1 aliphatic heterocycles. The van der Waals surface area contributed by atoms with Gasteiger partial charge in [-0.15, -0.1) is 0 Å². The lowest BCUT2D eigenvalue weighted by atomic mass is 10.0. The topological polar surface area (TPSA) is 39.1 Å². The van der Waals surface area contributed by atoms with E-state index >= 15 is 0 Å². The fourth-order valence-electron chi connectivity index (χ4n) is 2.95. The van der Waals surface area contributed by atoms with E-state index in [0.29, 0.717) is 6.04 Å². The van der Waals surface area contributed by atoms with Gasteiger partial charge in [0.05, 0.1) is 23.9 Å². The summed E-state index contributed by atoms with van der Waals surface area (Å²) in [4.78, 5) is 0. The summed E-state index contributed by atoms with van der Waals surface area (Å²) < 4.78 is 8.02. The highest BCUT2D eigenvalue weighted by Gasteiger charge is 2.25. The SMILES string of the molecule is CCn1nc(CC(NC)C2CSCCO2)c2ccccc21. The predicted molar refractivity (Wildman–Crippen MR) is 89.0 cm³/mol. The second-order valence-corrected chi connectivity index (χ2v) is 6.51. The Kier molecular flexibility index (Phi) is 4.83. The number of hydrogen-bond donors (Lipinski definition) is 1. The zero-order valence-electron chi connectivity index (χ0n) is 12.7. The molecule has 0 saturated carbocycles. The van der Waals surface area contributed by atoms with Gasteiger partial charge in [0.2, 0.25) is 0 Å². The molecule has 114 valence electrons. The molecule has 21 heavy (non-hydrogen) atoms. The Bertz CT molecular complexity index is 592. The van der Waals surface area contributed by atoms with Crippen LogP contribution in [0, 0.1) is 0 Å². The number of thioether (sulfide) groups is 1. The van der Waals surface area contributed by atoms with E-state index < -0.39 is 0 Å². The van der Waals surface area contributed by atoms with Gasteiger partial charge in [-0.25, -0.2) is 0 Å². The standard InChI is InChI=1S/C16H23N3OS/c1-3-19-15-7-5-4-6-12(15)13(18-19)10-14(17-2)16-11-21-9-8-20-16/h4-7,14,16-17H,3,8-11H2,1-2H3. The zero-order valence-corrected chi connectivity index (χ0v) is 13.5. The van der Waals surface area contributed by atoms with Crippen LogP contribution in [0.1, 0.15) is 12.6 Å². The van der Waals surface area contributed by atoms with Gasteiger partial charge >= 0.3 is 0 Å². The van der Waals surface area contributed by atoms with Gasteiger partial charge in [0.1, 0.15) is 0 Å². The van der Waals surface area contributed by atoms with Crippen molar-refractivity contribution in [3.05, 3.63) is 30.0 Å². The van der Waals surface area contributed by atoms with E-state index in [1.54, 1.807) is 0 Å². The van der Waals surface area contributed by atoms with Crippen LogP contribution in [0.3, 0.4) is 0 Å². The molecule has 4 nitrogen and oxygen atoms in total. The first-order valence-electron chi connectivity index (χ1n) is 7.64. The van der Waals surface area contributed by atoms with Crippen molar-refractivity contribution >= 4 is 22.7 Å². The van der Waals surface area contributed by atoms with Gasteiger partial charge < -0.3 is 10.1 Å². The summed E-state index contributed by atoms with van der Waals surface area (Å²) >= 11 is 1.98. The van der Waals surface area contributed by atoms with Crippen molar-refractivity contribution in [2.24, 2.45) is 0 Å². The number of likely N-dealkylation sites (N-methyl/N-ethyl adjacent to an activating group) is 1. The summed E-state index contributed by atoms with van der Waals surface area (Å²) in [5.74, 6) is 2.18. The number of rotatable bonds is 5. The van der Waals surface area contributed by atoms with Crippen molar-refractivity contribution in [1.29, 1.82) is 0 Å². The molecule has 1 aliphatic rings. The van der Waals surface area contributed by atoms with Crippen molar-refractivity contribution in [3.8, 4) is 0 Å². The molecule has 0 amide bonds. The summed E-state index contributed by atoms with van der Waals surface area (Å²) in [7, 11) is 2.02. The van der Waals surface area contributed by atoms with Crippen LogP contribution in [0.15, 0.2) is 24.3 Å². The third kappa shape index (κ3) is 3.10. The third-order valence-electron chi connectivity index (χ3n) is 4.11. The molecule has 1 N–H and O–H groups in total. The van der Waals surface area contributed by atoms with E-state index in [1.165, 1.54) is 16.6 Å². The second kappa shape index (κ2) is 6.81. The number of nitrogens with one attached hydrogen (secondary N) is 1. The molecular formula is C16H23N3OS. The second-order valence-electron chi connectivity index (χ2n) is 5.36. The Hall–Kier alpha value is -1.04. The summed E-state index contributed by atoms with van der Waals surface area (Å²) in [6.45, 7) is 3.90. The molecule has 2 heterocycles. The number of aromatic nitrogens is 2. The van der Waals surface area contributed by atoms with Crippen LogP contribution in [-0.4, -0.2) is 47.1 Å². The lowest BCUT2D eigenvalue weighted by Crippen LogP contribution is -2.44. The number of aryl methyl sites for hydroxylation is 1.